The van der Waals surface area contributed by atoms with Crippen LogP contribution < -0.4 is 5.32 Å². The number of nitrogens with zero attached hydrogens (tertiary/aromatic N) is 1. The highest BCUT2D eigenvalue weighted by molar-refractivity contribution is 5.92. The number of carbonyl (C=O) groups is 2. The molecule has 0 spiro atoms. The zero-order chi connectivity index (χ0) is 15.2. The highest BCUT2D eigenvalue weighted by Crippen LogP contribution is 2.40. The first-order chi connectivity index (χ1) is 10.2. The van der Waals surface area contributed by atoms with Gasteiger partial charge in [-0.25, -0.2) is 0 Å². The molecule has 1 aliphatic rings. The van der Waals surface area contributed by atoms with Gasteiger partial charge in [0.2, 0.25) is 11.8 Å². The number of hydrogen-bond acceptors (Lipinski definition) is 2. The highest BCUT2D eigenvalue weighted by atomic mass is 16.2. The number of hydrogen-bond donors (Lipinski definition) is 1. The topological polar surface area (TPSA) is 49.4 Å². The Kier molecular flexibility index (Phi) is 5.14. The van der Waals surface area contributed by atoms with Crippen molar-refractivity contribution in [1.29, 1.82) is 0 Å². The molecule has 2 rings (SSSR count). The van der Waals surface area contributed by atoms with Gasteiger partial charge in [-0.1, -0.05) is 36.4 Å². The van der Waals surface area contributed by atoms with Gasteiger partial charge in [0.15, 0.2) is 0 Å². The van der Waals surface area contributed by atoms with Crippen LogP contribution in [0.3, 0.4) is 0 Å². The summed E-state index contributed by atoms with van der Waals surface area (Å²) in [6, 6.07) is 9.92. The van der Waals surface area contributed by atoms with Crippen molar-refractivity contribution < 1.29 is 9.59 Å². The monoisotopic (exact) mass is 286 g/mol. The van der Waals surface area contributed by atoms with E-state index in [1.807, 2.05) is 42.2 Å². The molecule has 2 unspecified atom stereocenters. The molecule has 0 saturated heterocycles. The number of amides is 2. The second kappa shape index (κ2) is 7.07. The maximum atomic E-state index is 12.5. The van der Waals surface area contributed by atoms with E-state index in [1.54, 1.807) is 6.08 Å². The molecular formula is C17H22N2O2. The molecule has 0 aromatic heterocycles. The van der Waals surface area contributed by atoms with E-state index in [1.165, 1.54) is 0 Å². The normalized spacial score (nSPS) is 19.7. The van der Waals surface area contributed by atoms with Crippen LogP contribution in [0.4, 0.5) is 0 Å². The van der Waals surface area contributed by atoms with Gasteiger partial charge >= 0.3 is 0 Å². The van der Waals surface area contributed by atoms with Crippen LogP contribution in [0.1, 0.15) is 18.9 Å². The van der Waals surface area contributed by atoms with Gasteiger partial charge in [-0.05, 0) is 18.9 Å². The average Bonchev–Trinajstić information content (AvgIpc) is 3.31. The largest absolute Gasteiger partial charge is 0.352 e. The predicted octanol–water partition coefficient (Wildman–Crippen LogP) is 1.97. The lowest BCUT2D eigenvalue weighted by Crippen LogP contribution is -2.34. The standard InChI is InChI=1S/C17H22N2O2/c1-3-10-18-16(20)14-11-15(14)17(21)19(4-2)12-13-8-6-5-7-9-13/h3,5-9,14-15H,1,4,10-12H2,2H3,(H,18,20). The molecule has 21 heavy (non-hydrogen) atoms. The van der Waals surface area contributed by atoms with E-state index >= 15 is 0 Å². The van der Waals surface area contributed by atoms with Crippen LogP contribution >= 0.6 is 0 Å². The van der Waals surface area contributed by atoms with E-state index < -0.39 is 0 Å². The summed E-state index contributed by atoms with van der Waals surface area (Å²) in [7, 11) is 0. The van der Waals surface area contributed by atoms with Crippen molar-refractivity contribution in [3.05, 3.63) is 48.6 Å². The summed E-state index contributed by atoms with van der Waals surface area (Å²) in [6.45, 7) is 7.25. The van der Waals surface area contributed by atoms with E-state index in [0.717, 1.165) is 5.56 Å². The van der Waals surface area contributed by atoms with Gasteiger partial charge in [-0.15, -0.1) is 6.58 Å². The fourth-order valence-electron chi connectivity index (χ4n) is 2.45. The number of rotatable bonds is 7. The molecule has 4 heteroatoms. The molecule has 2 amide bonds. The summed E-state index contributed by atoms with van der Waals surface area (Å²) in [6.07, 6.45) is 2.30. The first-order valence-electron chi connectivity index (χ1n) is 7.38. The molecule has 1 N–H and O–H groups in total. The van der Waals surface area contributed by atoms with E-state index in [-0.39, 0.29) is 23.7 Å². The van der Waals surface area contributed by atoms with E-state index in [4.69, 9.17) is 0 Å². The first kappa shape index (κ1) is 15.3. The SMILES string of the molecule is C=CCNC(=O)C1CC1C(=O)N(CC)Cc1ccccc1. The minimum atomic E-state index is -0.165. The second-order valence-electron chi connectivity index (χ2n) is 5.32. The molecule has 2 atom stereocenters. The lowest BCUT2D eigenvalue weighted by molar-refractivity contribution is -0.135. The molecular weight excluding hydrogens is 264 g/mol. The summed E-state index contributed by atoms with van der Waals surface area (Å²) in [4.78, 5) is 26.1. The molecule has 1 fully saturated rings. The number of nitrogens with one attached hydrogen (secondary N) is 1. The Labute approximate surface area is 125 Å². The molecule has 1 aliphatic carbocycles. The Morgan fingerprint density at radius 2 is 2.05 bits per heavy atom. The summed E-state index contributed by atoms with van der Waals surface area (Å²) < 4.78 is 0. The van der Waals surface area contributed by atoms with E-state index in [2.05, 4.69) is 11.9 Å². The summed E-state index contributed by atoms with van der Waals surface area (Å²) >= 11 is 0. The lowest BCUT2D eigenvalue weighted by Gasteiger charge is -2.21. The van der Waals surface area contributed by atoms with Gasteiger partial charge in [0.05, 0.1) is 11.8 Å². The average molecular weight is 286 g/mol. The summed E-state index contributed by atoms with van der Waals surface area (Å²) in [5, 5.41) is 2.76. The summed E-state index contributed by atoms with van der Waals surface area (Å²) in [5.41, 5.74) is 1.11. The van der Waals surface area contributed by atoms with Crippen LogP contribution in [0.2, 0.25) is 0 Å². The zero-order valence-corrected chi connectivity index (χ0v) is 12.4. The van der Waals surface area contributed by atoms with Crippen molar-refractivity contribution in [2.75, 3.05) is 13.1 Å². The van der Waals surface area contributed by atoms with Gasteiger partial charge in [-0.2, -0.15) is 0 Å². The lowest BCUT2D eigenvalue weighted by atomic mass is 10.2. The maximum Gasteiger partial charge on any atom is 0.226 e. The first-order valence-corrected chi connectivity index (χ1v) is 7.38. The smallest absolute Gasteiger partial charge is 0.226 e. The van der Waals surface area contributed by atoms with Crippen molar-refractivity contribution in [2.24, 2.45) is 11.8 Å². The molecule has 0 aliphatic heterocycles. The van der Waals surface area contributed by atoms with Crippen molar-refractivity contribution in [1.82, 2.24) is 10.2 Å². The minimum Gasteiger partial charge on any atom is -0.352 e. The van der Waals surface area contributed by atoms with Crippen LogP contribution in [0.25, 0.3) is 0 Å². The fourth-order valence-corrected chi connectivity index (χ4v) is 2.45. The molecule has 1 saturated carbocycles. The third-order valence-corrected chi connectivity index (χ3v) is 3.77. The van der Waals surface area contributed by atoms with Crippen molar-refractivity contribution >= 4 is 11.8 Å². The van der Waals surface area contributed by atoms with Crippen molar-refractivity contribution in [3.8, 4) is 0 Å². The van der Waals surface area contributed by atoms with E-state index in [9.17, 15) is 9.59 Å². The Balaban J connectivity index is 1.90. The van der Waals surface area contributed by atoms with E-state index in [0.29, 0.717) is 26.1 Å². The van der Waals surface area contributed by atoms with Crippen LogP contribution in [0.5, 0.6) is 0 Å². The zero-order valence-electron chi connectivity index (χ0n) is 12.4. The molecule has 4 nitrogen and oxygen atoms in total. The highest BCUT2D eigenvalue weighted by Gasteiger charge is 2.49. The van der Waals surface area contributed by atoms with Crippen LogP contribution in [-0.4, -0.2) is 29.8 Å². The third kappa shape index (κ3) is 3.94. The second-order valence-corrected chi connectivity index (χ2v) is 5.32. The molecule has 0 bridgehead atoms. The van der Waals surface area contributed by atoms with Gasteiger partial charge < -0.3 is 10.2 Å². The Morgan fingerprint density at radius 3 is 2.67 bits per heavy atom. The third-order valence-electron chi connectivity index (χ3n) is 3.77. The van der Waals surface area contributed by atoms with Gasteiger partial charge in [0, 0.05) is 19.6 Å². The molecule has 1 aromatic carbocycles. The molecule has 0 heterocycles. The summed E-state index contributed by atoms with van der Waals surface area (Å²) in [5.74, 6) is -0.273. The van der Waals surface area contributed by atoms with Gasteiger partial charge in [0.1, 0.15) is 0 Å². The van der Waals surface area contributed by atoms with Crippen molar-refractivity contribution in [3.63, 3.8) is 0 Å². The molecule has 1 aromatic rings. The number of benzene rings is 1. The minimum absolute atomic E-state index is 0.0379. The van der Waals surface area contributed by atoms with Crippen LogP contribution in [0.15, 0.2) is 43.0 Å². The maximum absolute atomic E-state index is 12.5. The van der Waals surface area contributed by atoms with Crippen LogP contribution in [-0.2, 0) is 16.1 Å². The Morgan fingerprint density at radius 1 is 1.33 bits per heavy atom. The van der Waals surface area contributed by atoms with Crippen molar-refractivity contribution in [2.45, 2.75) is 19.9 Å². The molecule has 112 valence electrons. The van der Waals surface area contributed by atoms with Gasteiger partial charge in [0.25, 0.3) is 0 Å². The molecule has 0 radical (unpaired) electrons. The van der Waals surface area contributed by atoms with Crippen LogP contribution in [0, 0.1) is 11.8 Å². The predicted molar refractivity (Wildman–Crippen MR) is 82.3 cm³/mol. The van der Waals surface area contributed by atoms with Gasteiger partial charge in [-0.3, -0.25) is 9.59 Å². The Hall–Kier alpha value is -2.10. The Bertz CT molecular complexity index is 513. The fraction of sp³-hybridized carbons (Fsp3) is 0.412. The number of carbonyl (C=O) groups excluding carboxylic acids is 2. The quantitative estimate of drug-likeness (QED) is 0.779.